The smallest absolute Gasteiger partial charge is 0.254 e. The Labute approximate surface area is 239 Å². The molecule has 0 aliphatic rings. The van der Waals surface area contributed by atoms with Gasteiger partial charge in [-0.3, -0.25) is 9.59 Å². The van der Waals surface area contributed by atoms with Crippen molar-refractivity contribution in [1.29, 1.82) is 0 Å². The summed E-state index contributed by atoms with van der Waals surface area (Å²) in [5.74, 6) is 0.144. The van der Waals surface area contributed by atoms with Gasteiger partial charge in [-0.2, -0.15) is 0 Å². The van der Waals surface area contributed by atoms with Gasteiger partial charge in [0.25, 0.3) is 5.91 Å². The van der Waals surface area contributed by atoms with Crippen molar-refractivity contribution in [2.45, 2.75) is 33.4 Å². The minimum atomic E-state index is -0.349. The van der Waals surface area contributed by atoms with E-state index in [0.29, 0.717) is 55.5 Å². The normalized spacial score (nSPS) is 10.8. The molecule has 0 radical (unpaired) electrons. The Hall–Kier alpha value is -3.63. The van der Waals surface area contributed by atoms with Crippen molar-refractivity contribution in [3.05, 3.63) is 75.2 Å². The zero-order valence-electron chi connectivity index (χ0n) is 23.7. The number of ether oxygens (including phenoxy) is 4. The Balaban J connectivity index is 1.90. The molecule has 1 heterocycles. The quantitative estimate of drug-likeness (QED) is 0.230. The number of rotatable bonds is 15. The summed E-state index contributed by atoms with van der Waals surface area (Å²) in [5.41, 5.74) is 2.18. The van der Waals surface area contributed by atoms with E-state index in [4.69, 9.17) is 18.9 Å². The summed E-state index contributed by atoms with van der Waals surface area (Å²) < 4.78 is 35.3. The van der Waals surface area contributed by atoms with Crippen LogP contribution in [0.5, 0.6) is 17.2 Å². The third kappa shape index (κ3) is 8.19. The predicted octanol–water partition coefficient (Wildman–Crippen LogP) is 5.32. The van der Waals surface area contributed by atoms with E-state index in [0.717, 1.165) is 16.0 Å². The molecule has 1 aromatic heterocycles. The monoisotopic (exact) mass is 572 g/mol. The third-order valence-electron chi connectivity index (χ3n) is 6.39. The summed E-state index contributed by atoms with van der Waals surface area (Å²) in [4.78, 5) is 31.9. The second kappa shape index (κ2) is 15.2. The molecule has 0 N–H and O–H groups in total. The first-order valence-electron chi connectivity index (χ1n) is 13.0. The number of carbonyl (C=O) groups excluding carboxylic acids is 2. The highest BCUT2D eigenvalue weighted by atomic mass is 32.1. The van der Waals surface area contributed by atoms with Gasteiger partial charge in [-0.05, 0) is 67.1 Å². The van der Waals surface area contributed by atoms with Gasteiger partial charge in [0.15, 0.2) is 11.5 Å². The van der Waals surface area contributed by atoms with Crippen LogP contribution in [0.1, 0.15) is 39.7 Å². The molecule has 0 atom stereocenters. The summed E-state index contributed by atoms with van der Waals surface area (Å²) in [5, 5.41) is 1.99. The molecule has 0 bridgehead atoms. The summed E-state index contributed by atoms with van der Waals surface area (Å²) >= 11 is 1.57. The minimum Gasteiger partial charge on any atom is -0.493 e. The topological polar surface area (TPSA) is 77.5 Å². The number of methoxy groups -OCH3 is 3. The Morgan fingerprint density at radius 2 is 1.60 bits per heavy atom. The molecule has 2 amide bonds. The molecule has 40 heavy (non-hydrogen) atoms. The Bertz CT molecular complexity index is 1240. The van der Waals surface area contributed by atoms with Crippen molar-refractivity contribution in [3.8, 4) is 17.2 Å². The van der Waals surface area contributed by atoms with E-state index in [2.05, 4.69) is 0 Å². The second-order valence-corrected chi connectivity index (χ2v) is 10.1. The summed E-state index contributed by atoms with van der Waals surface area (Å²) in [6.07, 6.45) is 0.555. The van der Waals surface area contributed by atoms with Crippen LogP contribution in [-0.2, 0) is 22.6 Å². The first-order valence-corrected chi connectivity index (χ1v) is 13.9. The molecule has 0 aliphatic heterocycles. The zero-order valence-corrected chi connectivity index (χ0v) is 24.5. The van der Waals surface area contributed by atoms with Crippen molar-refractivity contribution in [2.75, 3.05) is 47.6 Å². The fourth-order valence-corrected chi connectivity index (χ4v) is 5.11. The van der Waals surface area contributed by atoms with Crippen LogP contribution in [0.15, 0.2) is 47.8 Å². The number of amides is 2. The van der Waals surface area contributed by atoms with Gasteiger partial charge in [-0.15, -0.1) is 11.3 Å². The number of nitrogens with zero attached hydrogens (tertiary/aromatic N) is 2. The number of benzene rings is 2. The molecular formula is C30H37FN2O6S. The van der Waals surface area contributed by atoms with Crippen LogP contribution in [0.2, 0.25) is 0 Å². The molecule has 0 spiro atoms. The Morgan fingerprint density at radius 1 is 0.925 bits per heavy atom. The van der Waals surface area contributed by atoms with Gasteiger partial charge in [0.05, 0.1) is 27.9 Å². The molecule has 0 aliphatic carbocycles. The number of hydrogen-bond acceptors (Lipinski definition) is 7. The van der Waals surface area contributed by atoms with Crippen LogP contribution in [0.3, 0.4) is 0 Å². The molecule has 0 unspecified atom stereocenters. The van der Waals surface area contributed by atoms with Gasteiger partial charge in [0, 0.05) is 36.7 Å². The minimum absolute atomic E-state index is 0.146. The standard InChI is InChI=1S/C30H37FN2O6S/c1-6-39-14-7-13-32(30(35)23-16-25(36-3)29(38-5)26(17-23)37-4)20-28(34)33(19-27-21(2)12-15-40-27)18-22-8-10-24(31)11-9-22/h8-12,15-17H,6-7,13-14,18-20H2,1-5H3. The predicted molar refractivity (Wildman–Crippen MR) is 153 cm³/mol. The zero-order chi connectivity index (χ0) is 29.1. The third-order valence-corrected chi connectivity index (χ3v) is 7.40. The number of carbonyl (C=O) groups is 2. The Kier molecular flexibility index (Phi) is 11.8. The van der Waals surface area contributed by atoms with E-state index in [1.807, 2.05) is 25.3 Å². The maximum Gasteiger partial charge on any atom is 0.254 e. The van der Waals surface area contributed by atoms with E-state index < -0.39 is 0 Å². The molecular weight excluding hydrogens is 535 g/mol. The highest BCUT2D eigenvalue weighted by Gasteiger charge is 2.25. The van der Waals surface area contributed by atoms with Crippen molar-refractivity contribution in [3.63, 3.8) is 0 Å². The lowest BCUT2D eigenvalue weighted by molar-refractivity contribution is -0.133. The highest BCUT2D eigenvalue weighted by molar-refractivity contribution is 7.10. The van der Waals surface area contributed by atoms with Crippen LogP contribution in [-0.4, -0.2) is 69.2 Å². The van der Waals surface area contributed by atoms with Crippen molar-refractivity contribution < 1.29 is 32.9 Å². The molecule has 216 valence electrons. The highest BCUT2D eigenvalue weighted by Crippen LogP contribution is 2.38. The van der Waals surface area contributed by atoms with Crippen LogP contribution in [0.4, 0.5) is 4.39 Å². The van der Waals surface area contributed by atoms with Gasteiger partial charge in [-0.1, -0.05) is 12.1 Å². The van der Waals surface area contributed by atoms with E-state index in [1.165, 1.54) is 38.4 Å². The molecule has 3 rings (SSSR count). The summed E-state index contributed by atoms with van der Waals surface area (Å²) in [6.45, 7) is 5.74. The van der Waals surface area contributed by atoms with Gasteiger partial charge in [0.1, 0.15) is 12.4 Å². The SMILES string of the molecule is CCOCCCN(CC(=O)N(Cc1ccc(F)cc1)Cc1sccc1C)C(=O)c1cc(OC)c(OC)c(OC)c1. The van der Waals surface area contributed by atoms with Crippen LogP contribution >= 0.6 is 11.3 Å². The van der Waals surface area contributed by atoms with Gasteiger partial charge in [-0.25, -0.2) is 4.39 Å². The van der Waals surface area contributed by atoms with Gasteiger partial charge < -0.3 is 28.7 Å². The molecule has 0 saturated carbocycles. The van der Waals surface area contributed by atoms with Crippen molar-refractivity contribution in [2.24, 2.45) is 0 Å². The van der Waals surface area contributed by atoms with Crippen LogP contribution in [0, 0.1) is 12.7 Å². The van der Waals surface area contributed by atoms with E-state index in [9.17, 15) is 14.0 Å². The maximum atomic E-state index is 13.8. The van der Waals surface area contributed by atoms with E-state index in [1.54, 1.807) is 40.5 Å². The van der Waals surface area contributed by atoms with E-state index >= 15 is 0 Å². The molecule has 3 aromatic rings. The number of aryl methyl sites for hydroxylation is 1. The van der Waals surface area contributed by atoms with E-state index in [-0.39, 0.29) is 30.7 Å². The number of halogens is 1. The van der Waals surface area contributed by atoms with Gasteiger partial charge in [0.2, 0.25) is 11.7 Å². The lowest BCUT2D eigenvalue weighted by Gasteiger charge is -2.28. The molecule has 0 fully saturated rings. The average Bonchev–Trinajstić information content (AvgIpc) is 3.37. The van der Waals surface area contributed by atoms with Crippen LogP contribution < -0.4 is 14.2 Å². The molecule has 10 heteroatoms. The van der Waals surface area contributed by atoms with Crippen molar-refractivity contribution in [1.82, 2.24) is 9.80 Å². The summed E-state index contributed by atoms with van der Waals surface area (Å²) in [6, 6.07) is 11.2. The summed E-state index contributed by atoms with van der Waals surface area (Å²) in [7, 11) is 4.45. The molecule has 0 saturated heterocycles. The fraction of sp³-hybridized carbons (Fsp3) is 0.400. The largest absolute Gasteiger partial charge is 0.493 e. The fourth-order valence-electron chi connectivity index (χ4n) is 4.19. The number of hydrogen-bond donors (Lipinski definition) is 0. The lowest BCUT2D eigenvalue weighted by Crippen LogP contribution is -2.43. The first kappa shape index (κ1) is 30.9. The lowest BCUT2D eigenvalue weighted by atomic mass is 10.1. The van der Waals surface area contributed by atoms with Crippen LogP contribution in [0.25, 0.3) is 0 Å². The van der Waals surface area contributed by atoms with Crippen molar-refractivity contribution >= 4 is 23.2 Å². The number of thiophene rings is 1. The molecule has 2 aromatic carbocycles. The van der Waals surface area contributed by atoms with Gasteiger partial charge >= 0.3 is 0 Å². The first-order chi connectivity index (χ1) is 19.3. The molecule has 8 nitrogen and oxygen atoms in total. The Morgan fingerprint density at radius 3 is 2.15 bits per heavy atom. The second-order valence-electron chi connectivity index (χ2n) is 9.09. The maximum absolute atomic E-state index is 13.8. The average molecular weight is 573 g/mol.